The number of carbonyl (C=O) groups is 1. The molecule has 1 heterocycles. The first-order chi connectivity index (χ1) is 14.1. The molecule has 146 valence electrons. The van der Waals surface area contributed by atoms with Gasteiger partial charge in [-0.15, -0.1) is 5.10 Å². The molecule has 0 saturated carbocycles. The Hall–Kier alpha value is -3.74. The first-order valence-corrected chi connectivity index (χ1v) is 9.11. The molecule has 0 aliphatic carbocycles. The molecule has 0 saturated heterocycles. The van der Waals surface area contributed by atoms with Crippen molar-refractivity contribution < 1.29 is 13.9 Å². The number of carbonyl (C=O) groups excluding carboxylic acids is 1. The maximum atomic E-state index is 13.0. The molecule has 0 atom stereocenters. The number of nitrogens with zero attached hydrogens (tertiary/aromatic N) is 3. The van der Waals surface area contributed by atoms with E-state index in [1.165, 1.54) is 12.1 Å². The fourth-order valence-electron chi connectivity index (χ4n) is 3.02. The number of rotatable bonds is 6. The Labute approximate surface area is 166 Å². The lowest BCUT2D eigenvalue weighted by Gasteiger charge is -2.06. The highest BCUT2D eigenvalue weighted by Gasteiger charge is 2.11. The van der Waals surface area contributed by atoms with Gasteiger partial charge >= 0.3 is 0 Å². The molecule has 0 spiro atoms. The van der Waals surface area contributed by atoms with Crippen LogP contribution in [0.15, 0.2) is 66.7 Å². The van der Waals surface area contributed by atoms with Crippen molar-refractivity contribution in [2.24, 2.45) is 0 Å². The Balaban J connectivity index is 1.46. The molecular weight excluding hydrogens is 371 g/mol. The molecule has 0 aliphatic rings. The maximum Gasteiger partial charge on any atom is 0.251 e. The van der Waals surface area contributed by atoms with Gasteiger partial charge in [0, 0.05) is 12.1 Å². The molecule has 0 bridgehead atoms. The van der Waals surface area contributed by atoms with E-state index in [0.29, 0.717) is 24.2 Å². The summed E-state index contributed by atoms with van der Waals surface area (Å²) < 4.78 is 19.9. The summed E-state index contributed by atoms with van der Waals surface area (Å²) in [7, 11) is 1.63. The number of amides is 1. The monoisotopic (exact) mass is 390 g/mol. The first-order valence-electron chi connectivity index (χ1n) is 9.11. The van der Waals surface area contributed by atoms with Gasteiger partial charge < -0.3 is 10.1 Å². The molecule has 3 aromatic carbocycles. The van der Waals surface area contributed by atoms with Crippen molar-refractivity contribution in [3.05, 3.63) is 89.2 Å². The van der Waals surface area contributed by atoms with Crippen LogP contribution in [-0.2, 0) is 13.1 Å². The molecule has 7 heteroatoms. The number of aromatic nitrogens is 3. The van der Waals surface area contributed by atoms with E-state index in [4.69, 9.17) is 4.74 Å². The summed E-state index contributed by atoms with van der Waals surface area (Å²) in [4.78, 5) is 12.4. The van der Waals surface area contributed by atoms with Crippen molar-refractivity contribution >= 4 is 16.9 Å². The summed E-state index contributed by atoms with van der Waals surface area (Å²) >= 11 is 0. The number of fused-ring (bicyclic) bond motifs is 1. The molecule has 4 aromatic rings. The van der Waals surface area contributed by atoms with Crippen molar-refractivity contribution in [2.75, 3.05) is 7.11 Å². The van der Waals surface area contributed by atoms with E-state index in [1.807, 2.05) is 30.3 Å². The lowest BCUT2D eigenvalue weighted by atomic mass is 10.1. The summed E-state index contributed by atoms with van der Waals surface area (Å²) in [6.45, 7) is 0.887. The predicted octanol–water partition coefficient (Wildman–Crippen LogP) is 3.56. The summed E-state index contributed by atoms with van der Waals surface area (Å²) in [5.41, 5.74) is 3.88. The molecular formula is C22H19FN4O2. The normalized spacial score (nSPS) is 10.8. The highest BCUT2D eigenvalue weighted by Crippen LogP contribution is 2.17. The van der Waals surface area contributed by atoms with E-state index in [9.17, 15) is 9.18 Å². The molecule has 0 radical (unpaired) electrons. The summed E-state index contributed by atoms with van der Waals surface area (Å²) in [6.07, 6.45) is 0. The van der Waals surface area contributed by atoms with E-state index in [1.54, 1.807) is 36.1 Å². The quantitative estimate of drug-likeness (QED) is 0.547. The van der Waals surface area contributed by atoms with Crippen LogP contribution < -0.4 is 10.1 Å². The third-order valence-electron chi connectivity index (χ3n) is 4.63. The Bertz CT molecular complexity index is 1140. The smallest absolute Gasteiger partial charge is 0.251 e. The van der Waals surface area contributed by atoms with Gasteiger partial charge in [0.2, 0.25) is 0 Å². The zero-order valence-electron chi connectivity index (χ0n) is 15.8. The van der Waals surface area contributed by atoms with Crippen LogP contribution in [-0.4, -0.2) is 28.0 Å². The number of ether oxygens (including phenoxy) is 1. The first kappa shape index (κ1) is 18.6. The van der Waals surface area contributed by atoms with Gasteiger partial charge in [0.1, 0.15) is 17.1 Å². The highest BCUT2D eigenvalue weighted by molar-refractivity contribution is 5.97. The third-order valence-corrected chi connectivity index (χ3v) is 4.63. The van der Waals surface area contributed by atoms with Gasteiger partial charge in [-0.2, -0.15) is 0 Å². The number of nitrogens with one attached hydrogen (secondary N) is 1. The summed E-state index contributed by atoms with van der Waals surface area (Å²) in [5, 5.41) is 11.2. The van der Waals surface area contributed by atoms with Gasteiger partial charge in [-0.25, -0.2) is 9.07 Å². The van der Waals surface area contributed by atoms with Crippen molar-refractivity contribution in [3.8, 4) is 5.75 Å². The Morgan fingerprint density at radius 1 is 1.03 bits per heavy atom. The molecule has 4 rings (SSSR count). The van der Waals surface area contributed by atoms with Crippen LogP contribution in [0.25, 0.3) is 11.0 Å². The Morgan fingerprint density at radius 3 is 2.48 bits per heavy atom. The minimum absolute atomic E-state index is 0.221. The number of hydrogen-bond acceptors (Lipinski definition) is 4. The van der Waals surface area contributed by atoms with E-state index in [-0.39, 0.29) is 11.7 Å². The van der Waals surface area contributed by atoms with Gasteiger partial charge in [0.25, 0.3) is 5.91 Å². The SMILES string of the molecule is COc1ccc(Cn2nnc3cc(C(=O)NCc4ccc(F)cc4)ccc32)cc1. The van der Waals surface area contributed by atoms with E-state index in [2.05, 4.69) is 15.6 Å². The third kappa shape index (κ3) is 4.24. The zero-order chi connectivity index (χ0) is 20.2. The molecule has 0 aliphatic heterocycles. The molecule has 29 heavy (non-hydrogen) atoms. The lowest BCUT2D eigenvalue weighted by molar-refractivity contribution is 0.0951. The van der Waals surface area contributed by atoms with Crippen LogP contribution in [0.1, 0.15) is 21.5 Å². The zero-order valence-corrected chi connectivity index (χ0v) is 15.8. The number of methoxy groups -OCH3 is 1. The highest BCUT2D eigenvalue weighted by atomic mass is 19.1. The van der Waals surface area contributed by atoms with Gasteiger partial charge in [0.15, 0.2) is 0 Å². The standard InChI is InChI=1S/C22H19FN4O2/c1-29-19-9-4-16(5-10-19)14-27-21-11-6-17(12-20(21)25-26-27)22(28)24-13-15-2-7-18(23)8-3-15/h2-12H,13-14H2,1H3,(H,24,28). The number of benzene rings is 3. The van der Waals surface area contributed by atoms with Gasteiger partial charge in [-0.1, -0.05) is 29.5 Å². The van der Waals surface area contributed by atoms with Gasteiger partial charge in [0.05, 0.1) is 19.2 Å². The average Bonchev–Trinajstić information content (AvgIpc) is 3.15. The van der Waals surface area contributed by atoms with Crippen LogP contribution in [0, 0.1) is 5.82 Å². The topological polar surface area (TPSA) is 69.0 Å². The second-order valence-corrected chi connectivity index (χ2v) is 6.61. The van der Waals surface area contributed by atoms with Crippen molar-refractivity contribution in [2.45, 2.75) is 13.1 Å². The maximum absolute atomic E-state index is 13.0. The Morgan fingerprint density at radius 2 is 1.76 bits per heavy atom. The van der Waals surface area contributed by atoms with Crippen molar-refractivity contribution in [3.63, 3.8) is 0 Å². The molecule has 0 unspecified atom stereocenters. The second-order valence-electron chi connectivity index (χ2n) is 6.61. The molecule has 0 fully saturated rings. The van der Waals surface area contributed by atoms with Crippen molar-refractivity contribution in [1.82, 2.24) is 20.3 Å². The number of halogens is 1. The van der Waals surface area contributed by atoms with Crippen LogP contribution in [0.5, 0.6) is 5.75 Å². The van der Waals surface area contributed by atoms with Gasteiger partial charge in [-0.05, 0) is 53.6 Å². The van der Waals surface area contributed by atoms with Gasteiger partial charge in [-0.3, -0.25) is 4.79 Å². The van der Waals surface area contributed by atoms with E-state index in [0.717, 1.165) is 22.4 Å². The lowest BCUT2D eigenvalue weighted by Crippen LogP contribution is -2.22. The van der Waals surface area contributed by atoms with E-state index >= 15 is 0 Å². The minimum Gasteiger partial charge on any atom is -0.497 e. The summed E-state index contributed by atoms with van der Waals surface area (Å²) in [5.74, 6) is 0.276. The van der Waals surface area contributed by atoms with Crippen molar-refractivity contribution in [1.29, 1.82) is 0 Å². The van der Waals surface area contributed by atoms with Crippen LogP contribution >= 0.6 is 0 Å². The fraction of sp³-hybridized carbons (Fsp3) is 0.136. The molecule has 1 amide bonds. The summed E-state index contributed by atoms with van der Waals surface area (Å²) in [6, 6.07) is 19.1. The number of hydrogen-bond donors (Lipinski definition) is 1. The molecule has 1 aromatic heterocycles. The fourth-order valence-corrected chi connectivity index (χ4v) is 3.02. The predicted molar refractivity (Wildman–Crippen MR) is 107 cm³/mol. The molecule has 1 N–H and O–H groups in total. The second kappa shape index (κ2) is 8.10. The largest absolute Gasteiger partial charge is 0.497 e. The molecule has 6 nitrogen and oxygen atoms in total. The van der Waals surface area contributed by atoms with Crippen LogP contribution in [0.2, 0.25) is 0 Å². The van der Waals surface area contributed by atoms with Crippen LogP contribution in [0.3, 0.4) is 0 Å². The Kier molecular flexibility index (Phi) is 5.20. The van der Waals surface area contributed by atoms with E-state index < -0.39 is 0 Å². The minimum atomic E-state index is -0.303. The van der Waals surface area contributed by atoms with Crippen LogP contribution in [0.4, 0.5) is 4.39 Å². The average molecular weight is 390 g/mol.